The number of benzene rings is 2. The molecule has 8 nitrogen and oxygen atoms in total. The van der Waals surface area contributed by atoms with Crippen molar-refractivity contribution in [3.05, 3.63) is 52.6 Å². The number of carbonyl (C=O) groups excluding carboxylic acids is 1. The first-order valence-corrected chi connectivity index (χ1v) is 8.82. The van der Waals surface area contributed by atoms with Crippen molar-refractivity contribution in [3.8, 4) is 17.2 Å². The van der Waals surface area contributed by atoms with E-state index in [4.69, 9.17) is 21.1 Å². The van der Waals surface area contributed by atoms with Crippen molar-refractivity contribution in [3.63, 3.8) is 0 Å². The molecule has 0 radical (unpaired) electrons. The van der Waals surface area contributed by atoms with Crippen LogP contribution in [-0.4, -0.2) is 39.3 Å². The van der Waals surface area contributed by atoms with E-state index in [2.05, 4.69) is 20.8 Å². The number of aromatic nitrogens is 4. The molecule has 2 aromatic carbocycles. The third-order valence-corrected chi connectivity index (χ3v) is 4.39. The Balaban J connectivity index is 1.52. The number of carbonyl (C=O) groups is 1. The number of nitrogens with one attached hydrogen (secondary N) is 1. The molecule has 1 aliphatic heterocycles. The van der Waals surface area contributed by atoms with E-state index in [0.717, 1.165) is 0 Å². The predicted molar refractivity (Wildman–Crippen MR) is 98.6 cm³/mol. The van der Waals surface area contributed by atoms with Crippen molar-refractivity contribution in [1.29, 1.82) is 0 Å². The smallest absolute Gasteiger partial charge is 0.228 e. The first kappa shape index (κ1) is 18.2. The molecule has 0 aliphatic carbocycles. The summed E-state index contributed by atoms with van der Waals surface area (Å²) in [5.74, 6) is 0.621. The largest absolute Gasteiger partial charge is 0.486 e. The van der Waals surface area contributed by atoms with E-state index in [1.807, 2.05) is 0 Å². The fourth-order valence-corrected chi connectivity index (χ4v) is 3.15. The van der Waals surface area contributed by atoms with Gasteiger partial charge in [-0.05, 0) is 53.2 Å². The van der Waals surface area contributed by atoms with Crippen LogP contribution in [0.4, 0.5) is 10.1 Å². The summed E-state index contributed by atoms with van der Waals surface area (Å²) in [6.07, 6.45) is 0.0625. The molecule has 0 fully saturated rings. The van der Waals surface area contributed by atoms with E-state index >= 15 is 0 Å². The number of anilines is 1. The lowest BCUT2D eigenvalue weighted by Gasteiger charge is -2.20. The highest BCUT2D eigenvalue weighted by Gasteiger charge is 2.18. The molecule has 0 spiro atoms. The molecule has 4 rings (SSSR count). The Kier molecular flexibility index (Phi) is 4.82. The van der Waals surface area contributed by atoms with Gasteiger partial charge in [0.05, 0.1) is 11.4 Å². The minimum absolute atomic E-state index is 0.0625. The minimum atomic E-state index is -0.507. The van der Waals surface area contributed by atoms with Gasteiger partial charge in [-0.25, -0.2) is 4.39 Å². The number of hydrogen-bond donors (Lipinski definition) is 1. The molecule has 0 unspecified atom stereocenters. The molecule has 0 bridgehead atoms. The zero-order chi connectivity index (χ0) is 19.7. The molecule has 0 saturated heterocycles. The Hall–Kier alpha value is -3.20. The fourth-order valence-electron chi connectivity index (χ4n) is 2.86. The van der Waals surface area contributed by atoms with Gasteiger partial charge in [-0.1, -0.05) is 11.6 Å². The number of tetrazole rings is 1. The van der Waals surface area contributed by atoms with Gasteiger partial charge < -0.3 is 14.8 Å². The van der Waals surface area contributed by atoms with Crippen molar-refractivity contribution in [2.24, 2.45) is 0 Å². The summed E-state index contributed by atoms with van der Waals surface area (Å²) < 4.78 is 26.4. The molecule has 1 aromatic heterocycles. The maximum atomic E-state index is 14.1. The zero-order valence-electron chi connectivity index (χ0n) is 14.8. The van der Waals surface area contributed by atoms with Crippen molar-refractivity contribution < 1.29 is 18.7 Å². The van der Waals surface area contributed by atoms with Gasteiger partial charge in [-0.15, -0.1) is 5.10 Å². The van der Waals surface area contributed by atoms with Gasteiger partial charge >= 0.3 is 0 Å². The van der Waals surface area contributed by atoms with Crippen molar-refractivity contribution >= 4 is 23.2 Å². The van der Waals surface area contributed by atoms with E-state index in [-0.39, 0.29) is 18.0 Å². The SMILES string of the molecule is Cc1nnnn1-c1cc(NC(=O)Cc2cc(Cl)c3c(c2)OCCO3)ccc1F. The molecule has 10 heteroatoms. The lowest BCUT2D eigenvalue weighted by atomic mass is 10.1. The standard InChI is InChI=1S/C18H15ClFN5O3/c1-10-22-23-24-25(10)15-9-12(2-3-14(15)20)21-17(26)8-11-6-13(19)18-16(7-11)27-4-5-28-18/h2-3,6-7,9H,4-5,8H2,1H3,(H,21,26). The number of rotatable bonds is 4. The monoisotopic (exact) mass is 403 g/mol. The second-order valence-corrected chi connectivity index (χ2v) is 6.54. The Morgan fingerprint density at radius 2 is 2.11 bits per heavy atom. The van der Waals surface area contributed by atoms with Gasteiger partial charge in [0.15, 0.2) is 17.3 Å². The van der Waals surface area contributed by atoms with E-state index in [1.165, 1.54) is 22.9 Å². The second-order valence-electron chi connectivity index (χ2n) is 6.13. The van der Waals surface area contributed by atoms with E-state index in [0.29, 0.717) is 46.8 Å². The van der Waals surface area contributed by atoms with Crippen LogP contribution in [0.5, 0.6) is 11.5 Å². The lowest BCUT2D eigenvalue weighted by Crippen LogP contribution is -2.17. The van der Waals surface area contributed by atoms with E-state index in [1.54, 1.807) is 19.1 Å². The third kappa shape index (κ3) is 3.61. The predicted octanol–water partition coefficient (Wildman–Crippen LogP) is 2.72. The molecule has 28 heavy (non-hydrogen) atoms. The maximum Gasteiger partial charge on any atom is 0.228 e. The summed E-state index contributed by atoms with van der Waals surface area (Å²) >= 11 is 6.20. The summed E-state index contributed by atoms with van der Waals surface area (Å²) in [4.78, 5) is 12.4. The van der Waals surface area contributed by atoms with Crippen LogP contribution in [0.15, 0.2) is 30.3 Å². The fraction of sp³-hybridized carbons (Fsp3) is 0.222. The summed E-state index contributed by atoms with van der Waals surface area (Å²) in [6, 6.07) is 7.56. The number of aryl methyl sites for hydroxylation is 1. The van der Waals surface area contributed by atoms with Gasteiger partial charge in [0.2, 0.25) is 5.91 Å². The summed E-state index contributed by atoms with van der Waals surface area (Å²) in [5.41, 5.74) is 1.23. The summed E-state index contributed by atoms with van der Waals surface area (Å²) in [6.45, 7) is 2.50. The van der Waals surface area contributed by atoms with Crippen molar-refractivity contribution in [1.82, 2.24) is 20.2 Å². The molecule has 144 valence electrons. The Labute approximate surface area is 164 Å². The Morgan fingerprint density at radius 3 is 2.89 bits per heavy atom. The molecule has 0 atom stereocenters. The maximum absolute atomic E-state index is 14.1. The van der Waals surface area contributed by atoms with Crippen LogP contribution in [0, 0.1) is 12.7 Å². The number of nitrogens with zero attached hydrogens (tertiary/aromatic N) is 4. The molecule has 2 heterocycles. The highest BCUT2D eigenvalue weighted by Crippen LogP contribution is 2.38. The van der Waals surface area contributed by atoms with Crippen molar-refractivity contribution in [2.75, 3.05) is 18.5 Å². The second kappa shape index (κ2) is 7.43. The number of amides is 1. The van der Waals surface area contributed by atoms with Crippen LogP contribution in [0.25, 0.3) is 5.69 Å². The topological polar surface area (TPSA) is 91.2 Å². The summed E-state index contributed by atoms with van der Waals surface area (Å²) in [7, 11) is 0. The quantitative estimate of drug-likeness (QED) is 0.720. The molecular formula is C18H15ClFN5O3. The van der Waals surface area contributed by atoms with E-state index in [9.17, 15) is 9.18 Å². The van der Waals surface area contributed by atoms with Gasteiger partial charge in [0.25, 0.3) is 0 Å². The average Bonchev–Trinajstić information content (AvgIpc) is 3.09. The van der Waals surface area contributed by atoms with Crippen molar-refractivity contribution in [2.45, 2.75) is 13.3 Å². The molecule has 0 saturated carbocycles. The average molecular weight is 404 g/mol. The third-order valence-electron chi connectivity index (χ3n) is 4.10. The lowest BCUT2D eigenvalue weighted by molar-refractivity contribution is -0.115. The highest BCUT2D eigenvalue weighted by atomic mass is 35.5. The molecule has 1 N–H and O–H groups in total. The van der Waals surface area contributed by atoms with Crippen LogP contribution < -0.4 is 14.8 Å². The Morgan fingerprint density at radius 1 is 1.29 bits per heavy atom. The van der Waals surface area contributed by atoms with Gasteiger partial charge in [-0.2, -0.15) is 4.68 Å². The van der Waals surface area contributed by atoms with Gasteiger partial charge in [0, 0.05) is 5.69 Å². The number of hydrogen-bond acceptors (Lipinski definition) is 6. The van der Waals surface area contributed by atoms with Crippen LogP contribution in [0.2, 0.25) is 5.02 Å². The zero-order valence-corrected chi connectivity index (χ0v) is 15.5. The van der Waals surface area contributed by atoms with E-state index < -0.39 is 5.82 Å². The normalized spacial score (nSPS) is 12.7. The highest BCUT2D eigenvalue weighted by molar-refractivity contribution is 6.32. The van der Waals surface area contributed by atoms with Gasteiger partial charge in [-0.3, -0.25) is 4.79 Å². The summed E-state index contributed by atoms with van der Waals surface area (Å²) in [5, 5.41) is 14.1. The number of fused-ring (bicyclic) bond motifs is 1. The van der Waals surface area contributed by atoms with Crippen LogP contribution in [0.3, 0.4) is 0 Å². The number of halogens is 2. The van der Waals surface area contributed by atoms with Crippen LogP contribution in [-0.2, 0) is 11.2 Å². The van der Waals surface area contributed by atoms with Crippen LogP contribution >= 0.6 is 11.6 Å². The molecule has 1 aliphatic rings. The first-order chi connectivity index (χ1) is 13.5. The minimum Gasteiger partial charge on any atom is -0.486 e. The Bertz CT molecular complexity index is 1060. The number of ether oxygens (including phenoxy) is 2. The molecular weight excluding hydrogens is 389 g/mol. The van der Waals surface area contributed by atoms with Crippen LogP contribution in [0.1, 0.15) is 11.4 Å². The first-order valence-electron chi connectivity index (χ1n) is 8.44. The molecule has 1 amide bonds. The van der Waals surface area contributed by atoms with Gasteiger partial charge in [0.1, 0.15) is 24.7 Å². The molecule has 3 aromatic rings.